The summed E-state index contributed by atoms with van der Waals surface area (Å²) in [5.41, 5.74) is 4.18. The molecule has 118 valence electrons. The van der Waals surface area contributed by atoms with E-state index < -0.39 is 0 Å². The Morgan fingerprint density at radius 3 is 2.65 bits per heavy atom. The van der Waals surface area contributed by atoms with E-state index in [2.05, 4.69) is 26.2 Å². The normalized spacial score (nSPS) is 12.3. The van der Waals surface area contributed by atoms with Crippen molar-refractivity contribution in [2.45, 2.75) is 26.8 Å². The predicted octanol–water partition coefficient (Wildman–Crippen LogP) is 4.20. The van der Waals surface area contributed by atoms with Crippen LogP contribution in [0.25, 0.3) is 5.65 Å². The van der Waals surface area contributed by atoms with Crippen LogP contribution in [-0.2, 0) is 0 Å². The molecular formula is C18H18BrN3O. The lowest BCUT2D eigenvalue weighted by molar-refractivity contribution is 0.0933. The summed E-state index contributed by atoms with van der Waals surface area (Å²) in [5.74, 6) is -0.121. The minimum Gasteiger partial charge on any atom is -0.344 e. The number of imidazole rings is 1. The number of pyridine rings is 1. The summed E-state index contributed by atoms with van der Waals surface area (Å²) in [4.78, 5) is 17.3. The third kappa shape index (κ3) is 3.01. The lowest BCUT2D eigenvalue weighted by atomic mass is 10.1. The van der Waals surface area contributed by atoms with Crippen molar-refractivity contribution in [2.75, 3.05) is 0 Å². The number of halogens is 1. The van der Waals surface area contributed by atoms with Crippen LogP contribution in [0.15, 0.2) is 47.1 Å². The molecule has 0 aliphatic carbocycles. The Balaban J connectivity index is 1.97. The molecule has 4 nitrogen and oxygen atoms in total. The third-order valence-corrected chi connectivity index (χ3v) is 4.43. The molecule has 2 aromatic heterocycles. The standard InChI is InChI=1S/C18H18BrN3O/c1-11-9-15(19)17-20-13(3)16(22(17)10-11)18(23)21-12(2)14-7-5-4-6-8-14/h4-10,12H,1-3H3,(H,21,23). The highest BCUT2D eigenvalue weighted by atomic mass is 79.9. The van der Waals surface area contributed by atoms with E-state index in [0.717, 1.165) is 21.2 Å². The maximum atomic E-state index is 12.8. The Kier molecular flexibility index (Phi) is 4.22. The lowest BCUT2D eigenvalue weighted by Crippen LogP contribution is -2.28. The first-order valence-corrected chi connectivity index (χ1v) is 8.27. The largest absolute Gasteiger partial charge is 0.344 e. The first-order chi connectivity index (χ1) is 11.0. The van der Waals surface area contributed by atoms with Gasteiger partial charge in [0.2, 0.25) is 0 Å². The molecule has 0 bridgehead atoms. The van der Waals surface area contributed by atoms with E-state index in [1.165, 1.54) is 0 Å². The van der Waals surface area contributed by atoms with E-state index in [4.69, 9.17) is 0 Å². The number of nitrogens with zero attached hydrogens (tertiary/aromatic N) is 2. The number of benzene rings is 1. The molecule has 1 amide bonds. The van der Waals surface area contributed by atoms with Crippen molar-refractivity contribution in [2.24, 2.45) is 0 Å². The van der Waals surface area contributed by atoms with Crippen molar-refractivity contribution in [3.8, 4) is 0 Å². The van der Waals surface area contributed by atoms with Gasteiger partial charge in [-0.25, -0.2) is 4.98 Å². The average Bonchev–Trinajstić information content (AvgIpc) is 2.84. The predicted molar refractivity (Wildman–Crippen MR) is 94.7 cm³/mol. The van der Waals surface area contributed by atoms with Gasteiger partial charge in [-0.3, -0.25) is 9.20 Å². The smallest absolute Gasteiger partial charge is 0.270 e. The van der Waals surface area contributed by atoms with Crippen molar-refractivity contribution in [3.05, 3.63) is 69.6 Å². The number of amides is 1. The summed E-state index contributed by atoms with van der Waals surface area (Å²) >= 11 is 3.52. The van der Waals surface area contributed by atoms with E-state index in [1.807, 2.05) is 67.8 Å². The topological polar surface area (TPSA) is 46.4 Å². The second-order valence-electron chi connectivity index (χ2n) is 5.71. The molecule has 3 aromatic rings. The molecule has 0 saturated heterocycles. The number of carbonyl (C=O) groups excluding carboxylic acids is 1. The zero-order chi connectivity index (χ0) is 16.6. The molecule has 1 aromatic carbocycles. The van der Waals surface area contributed by atoms with Gasteiger partial charge in [-0.2, -0.15) is 0 Å². The summed E-state index contributed by atoms with van der Waals surface area (Å²) in [6, 6.07) is 11.8. The monoisotopic (exact) mass is 371 g/mol. The second kappa shape index (κ2) is 6.16. The van der Waals surface area contributed by atoms with Crippen molar-refractivity contribution in [1.29, 1.82) is 0 Å². The Morgan fingerprint density at radius 1 is 1.26 bits per heavy atom. The van der Waals surface area contributed by atoms with Gasteiger partial charge in [-0.15, -0.1) is 0 Å². The first kappa shape index (κ1) is 15.7. The molecule has 0 aliphatic heterocycles. The maximum absolute atomic E-state index is 12.8. The van der Waals surface area contributed by atoms with Crippen LogP contribution in [0.4, 0.5) is 0 Å². The molecule has 5 heteroatoms. The highest BCUT2D eigenvalue weighted by Crippen LogP contribution is 2.23. The van der Waals surface area contributed by atoms with Crippen LogP contribution in [0.1, 0.15) is 40.3 Å². The zero-order valence-electron chi connectivity index (χ0n) is 13.3. The average molecular weight is 372 g/mol. The molecule has 1 N–H and O–H groups in total. The highest BCUT2D eigenvalue weighted by molar-refractivity contribution is 9.10. The van der Waals surface area contributed by atoms with Crippen LogP contribution in [0.5, 0.6) is 0 Å². The highest BCUT2D eigenvalue weighted by Gasteiger charge is 2.20. The van der Waals surface area contributed by atoms with Crippen molar-refractivity contribution in [1.82, 2.24) is 14.7 Å². The van der Waals surface area contributed by atoms with E-state index in [1.54, 1.807) is 0 Å². The molecule has 0 fully saturated rings. The van der Waals surface area contributed by atoms with Gasteiger partial charge in [0.25, 0.3) is 5.91 Å². The molecule has 23 heavy (non-hydrogen) atoms. The lowest BCUT2D eigenvalue weighted by Gasteiger charge is -2.14. The van der Waals surface area contributed by atoms with E-state index in [0.29, 0.717) is 11.4 Å². The van der Waals surface area contributed by atoms with Gasteiger partial charge in [-0.05, 0) is 53.9 Å². The molecule has 0 aliphatic rings. The Morgan fingerprint density at radius 2 is 1.96 bits per heavy atom. The van der Waals surface area contributed by atoms with E-state index >= 15 is 0 Å². The third-order valence-electron chi connectivity index (χ3n) is 3.85. The summed E-state index contributed by atoms with van der Waals surface area (Å²) < 4.78 is 2.73. The molecule has 2 heterocycles. The van der Waals surface area contributed by atoms with Crippen LogP contribution in [0, 0.1) is 13.8 Å². The Hall–Kier alpha value is -2.14. The maximum Gasteiger partial charge on any atom is 0.270 e. The van der Waals surface area contributed by atoms with Crippen molar-refractivity contribution < 1.29 is 4.79 Å². The van der Waals surface area contributed by atoms with E-state index in [9.17, 15) is 4.79 Å². The molecule has 3 rings (SSSR count). The zero-order valence-corrected chi connectivity index (χ0v) is 14.9. The van der Waals surface area contributed by atoms with Gasteiger partial charge >= 0.3 is 0 Å². The number of fused-ring (bicyclic) bond motifs is 1. The quantitative estimate of drug-likeness (QED) is 0.749. The molecule has 0 spiro atoms. The summed E-state index contributed by atoms with van der Waals surface area (Å²) in [7, 11) is 0. The van der Waals surface area contributed by atoms with Crippen LogP contribution in [-0.4, -0.2) is 15.3 Å². The number of carbonyl (C=O) groups is 1. The van der Waals surface area contributed by atoms with Crippen molar-refractivity contribution in [3.63, 3.8) is 0 Å². The van der Waals surface area contributed by atoms with Gasteiger partial charge in [-0.1, -0.05) is 30.3 Å². The van der Waals surface area contributed by atoms with Gasteiger partial charge in [0.15, 0.2) is 5.65 Å². The fourth-order valence-electron chi connectivity index (χ4n) is 2.71. The van der Waals surface area contributed by atoms with E-state index in [-0.39, 0.29) is 11.9 Å². The van der Waals surface area contributed by atoms with Gasteiger partial charge in [0, 0.05) is 6.20 Å². The van der Waals surface area contributed by atoms with Crippen LogP contribution in [0.2, 0.25) is 0 Å². The minimum absolute atomic E-state index is 0.0677. The Bertz CT molecular complexity index is 871. The SMILES string of the molecule is Cc1cc(Br)c2nc(C)c(C(=O)NC(C)c3ccccc3)n2c1. The van der Waals surface area contributed by atoms with Crippen molar-refractivity contribution >= 4 is 27.5 Å². The van der Waals surface area contributed by atoms with Gasteiger partial charge in [0.1, 0.15) is 5.69 Å². The number of aryl methyl sites for hydroxylation is 2. The molecule has 0 radical (unpaired) electrons. The molecule has 1 unspecified atom stereocenters. The first-order valence-electron chi connectivity index (χ1n) is 7.48. The number of nitrogens with one attached hydrogen (secondary N) is 1. The fraction of sp³-hybridized carbons (Fsp3) is 0.222. The fourth-order valence-corrected chi connectivity index (χ4v) is 3.35. The van der Waals surface area contributed by atoms with Crippen LogP contribution in [0.3, 0.4) is 0 Å². The molecular weight excluding hydrogens is 354 g/mol. The molecule has 0 saturated carbocycles. The number of aromatic nitrogens is 2. The number of hydrogen-bond acceptors (Lipinski definition) is 2. The second-order valence-corrected chi connectivity index (χ2v) is 6.56. The number of rotatable bonds is 3. The van der Waals surface area contributed by atoms with Crippen LogP contribution >= 0.6 is 15.9 Å². The minimum atomic E-state index is -0.121. The summed E-state index contributed by atoms with van der Waals surface area (Å²) in [5, 5.41) is 3.06. The molecule has 1 atom stereocenters. The summed E-state index contributed by atoms with van der Waals surface area (Å²) in [6.45, 7) is 5.83. The van der Waals surface area contributed by atoms with Gasteiger partial charge < -0.3 is 5.32 Å². The van der Waals surface area contributed by atoms with Crippen LogP contribution < -0.4 is 5.32 Å². The summed E-state index contributed by atoms with van der Waals surface area (Å²) in [6.07, 6.45) is 1.93. The van der Waals surface area contributed by atoms with Gasteiger partial charge in [0.05, 0.1) is 16.2 Å². The number of hydrogen-bond donors (Lipinski definition) is 1. The Labute approximate surface area is 143 Å².